The molecule has 0 unspecified atom stereocenters. The molecule has 0 fully saturated rings. The summed E-state index contributed by atoms with van der Waals surface area (Å²) in [5, 5.41) is 3.51. The van der Waals surface area contributed by atoms with Gasteiger partial charge in [0.15, 0.2) is 10.8 Å². The number of hydrogen-bond donors (Lipinski definition) is 3. The van der Waals surface area contributed by atoms with Gasteiger partial charge in [-0.3, -0.25) is 14.3 Å². The second-order valence-corrected chi connectivity index (χ2v) is 6.68. The lowest BCUT2D eigenvalue weighted by atomic mass is 10.2. The van der Waals surface area contributed by atoms with Crippen molar-refractivity contribution in [3.63, 3.8) is 0 Å². The summed E-state index contributed by atoms with van der Waals surface area (Å²) in [5.74, 6) is 0.0793. The Bertz CT molecular complexity index is 895. The molecule has 0 bridgehead atoms. The van der Waals surface area contributed by atoms with Gasteiger partial charge in [0.1, 0.15) is 5.82 Å². The van der Waals surface area contributed by atoms with Crippen molar-refractivity contribution in [2.24, 2.45) is 0 Å². The van der Waals surface area contributed by atoms with Crippen LogP contribution in [0.25, 0.3) is 0 Å². The number of H-pyrrole nitrogens is 1. The largest absolute Gasteiger partial charge is 0.385 e. The minimum Gasteiger partial charge on any atom is -0.385 e. The minimum absolute atomic E-state index is 0.0793. The van der Waals surface area contributed by atoms with Gasteiger partial charge in [-0.15, -0.1) is 0 Å². The van der Waals surface area contributed by atoms with Crippen LogP contribution in [0, 0.1) is 0 Å². The number of anilines is 2. The summed E-state index contributed by atoms with van der Waals surface area (Å²) in [7, 11) is 1.61. The lowest BCUT2D eigenvalue weighted by Crippen LogP contribution is -2.46. The molecule has 0 atom stereocenters. The molecule has 0 aliphatic rings. The maximum absolute atomic E-state index is 12.6. The second-order valence-electron chi connectivity index (χ2n) is 6.29. The molecule has 0 spiro atoms. The Morgan fingerprint density at radius 1 is 1.32 bits per heavy atom. The number of thiocarbonyl (C=S) groups is 1. The van der Waals surface area contributed by atoms with Gasteiger partial charge in [0.25, 0.3) is 5.56 Å². The Kier molecular flexibility index (Phi) is 8.21. The molecule has 0 saturated heterocycles. The van der Waals surface area contributed by atoms with Crippen LogP contribution < -0.4 is 27.2 Å². The second kappa shape index (κ2) is 10.6. The van der Waals surface area contributed by atoms with Crippen molar-refractivity contribution < 1.29 is 4.74 Å². The fourth-order valence-corrected chi connectivity index (χ4v) is 3.06. The standard InChI is InChI=1S/C19H27N5O3S/c1-3-10-21-19(28)23(11-7-12-27-2)15-16(20)24(18(26)22-17(15)25)13-14-8-5-4-6-9-14/h4-6,8-9H,3,7,10-13,20H2,1-2H3,(H,21,28)(H,22,25,26). The van der Waals surface area contributed by atoms with E-state index in [1.54, 1.807) is 12.0 Å². The first kappa shape index (κ1) is 21.6. The van der Waals surface area contributed by atoms with E-state index >= 15 is 0 Å². The Hall–Kier alpha value is -2.65. The van der Waals surface area contributed by atoms with Crippen molar-refractivity contribution in [2.45, 2.75) is 26.3 Å². The van der Waals surface area contributed by atoms with Crippen LogP contribution in [0.2, 0.25) is 0 Å². The van der Waals surface area contributed by atoms with Gasteiger partial charge in [0, 0.05) is 26.8 Å². The van der Waals surface area contributed by atoms with Crippen LogP contribution in [0.5, 0.6) is 0 Å². The summed E-state index contributed by atoms with van der Waals surface area (Å²) in [6.45, 7) is 3.87. The molecule has 8 nitrogen and oxygen atoms in total. The van der Waals surface area contributed by atoms with Crippen molar-refractivity contribution in [1.82, 2.24) is 14.9 Å². The number of ether oxygens (including phenoxy) is 1. The predicted molar refractivity (Wildman–Crippen MR) is 116 cm³/mol. The normalized spacial score (nSPS) is 10.6. The number of nitrogen functional groups attached to an aromatic ring is 1. The summed E-state index contributed by atoms with van der Waals surface area (Å²) in [5.41, 5.74) is 6.23. The van der Waals surface area contributed by atoms with Gasteiger partial charge in [-0.05, 0) is 30.6 Å². The van der Waals surface area contributed by atoms with Gasteiger partial charge in [0.05, 0.1) is 6.54 Å². The van der Waals surface area contributed by atoms with Crippen molar-refractivity contribution in [1.29, 1.82) is 0 Å². The fourth-order valence-electron chi connectivity index (χ4n) is 2.77. The first-order valence-corrected chi connectivity index (χ1v) is 9.61. The zero-order valence-electron chi connectivity index (χ0n) is 16.2. The van der Waals surface area contributed by atoms with E-state index in [0.29, 0.717) is 31.2 Å². The first-order valence-electron chi connectivity index (χ1n) is 9.20. The lowest BCUT2D eigenvalue weighted by molar-refractivity contribution is 0.197. The van der Waals surface area contributed by atoms with E-state index in [9.17, 15) is 9.59 Å². The topological polar surface area (TPSA) is 105 Å². The zero-order chi connectivity index (χ0) is 20.5. The van der Waals surface area contributed by atoms with E-state index in [1.165, 1.54) is 4.57 Å². The van der Waals surface area contributed by atoms with Gasteiger partial charge >= 0.3 is 5.69 Å². The molecule has 0 radical (unpaired) electrons. The van der Waals surface area contributed by atoms with Crippen molar-refractivity contribution >= 4 is 28.8 Å². The molecule has 1 aromatic carbocycles. The predicted octanol–water partition coefficient (Wildman–Crippen LogP) is 1.29. The molecule has 152 valence electrons. The third-order valence-electron chi connectivity index (χ3n) is 4.17. The van der Waals surface area contributed by atoms with E-state index in [0.717, 1.165) is 12.0 Å². The van der Waals surface area contributed by atoms with Crippen LogP contribution in [0.3, 0.4) is 0 Å². The number of benzene rings is 1. The van der Waals surface area contributed by atoms with Gasteiger partial charge in [-0.2, -0.15) is 0 Å². The average molecular weight is 406 g/mol. The van der Waals surface area contributed by atoms with Crippen molar-refractivity contribution in [2.75, 3.05) is 37.4 Å². The molecule has 4 N–H and O–H groups in total. The highest BCUT2D eigenvalue weighted by Gasteiger charge is 2.21. The molecule has 2 aromatic rings. The quantitative estimate of drug-likeness (QED) is 0.426. The molecule has 0 aliphatic carbocycles. The molecular formula is C19H27N5O3S. The summed E-state index contributed by atoms with van der Waals surface area (Å²) in [4.78, 5) is 29.0. The molecule has 0 amide bonds. The number of rotatable bonds is 9. The maximum atomic E-state index is 12.6. The first-order chi connectivity index (χ1) is 13.5. The lowest BCUT2D eigenvalue weighted by Gasteiger charge is -2.27. The summed E-state index contributed by atoms with van der Waals surface area (Å²) in [6.07, 6.45) is 1.52. The van der Waals surface area contributed by atoms with Crippen molar-refractivity contribution in [3.05, 3.63) is 56.7 Å². The Morgan fingerprint density at radius 3 is 2.68 bits per heavy atom. The van der Waals surface area contributed by atoms with E-state index < -0.39 is 11.2 Å². The summed E-state index contributed by atoms with van der Waals surface area (Å²) < 4.78 is 6.45. The van der Waals surface area contributed by atoms with E-state index in [1.807, 2.05) is 37.3 Å². The maximum Gasteiger partial charge on any atom is 0.330 e. The molecule has 0 saturated carbocycles. The van der Waals surface area contributed by atoms with Gasteiger partial charge in [-0.1, -0.05) is 37.3 Å². The summed E-state index contributed by atoms with van der Waals surface area (Å²) in [6, 6.07) is 9.43. The Balaban J connectivity index is 2.46. The molecule has 9 heteroatoms. The van der Waals surface area contributed by atoms with E-state index in [-0.39, 0.29) is 18.1 Å². The highest BCUT2D eigenvalue weighted by molar-refractivity contribution is 7.80. The minimum atomic E-state index is -0.565. The SMILES string of the molecule is CCCNC(=S)N(CCCOC)c1c(N)n(Cc2ccccc2)c(=O)[nH]c1=O. The molecule has 1 aromatic heterocycles. The smallest absolute Gasteiger partial charge is 0.330 e. The van der Waals surface area contributed by atoms with Gasteiger partial charge in [-0.25, -0.2) is 4.79 Å². The Labute approximate surface area is 169 Å². The number of hydrogen-bond acceptors (Lipinski definition) is 5. The van der Waals surface area contributed by atoms with Crippen LogP contribution in [0.15, 0.2) is 39.9 Å². The molecule has 0 aliphatic heterocycles. The number of aromatic amines is 1. The van der Waals surface area contributed by atoms with Gasteiger partial charge in [0.2, 0.25) is 0 Å². The number of nitrogens with one attached hydrogen (secondary N) is 2. The highest BCUT2D eigenvalue weighted by Crippen LogP contribution is 2.18. The Morgan fingerprint density at radius 2 is 2.04 bits per heavy atom. The number of nitrogens with zero attached hydrogens (tertiary/aromatic N) is 2. The molecule has 2 rings (SSSR count). The number of methoxy groups -OCH3 is 1. The van der Waals surface area contributed by atoms with Crippen LogP contribution in [0.4, 0.5) is 11.5 Å². The monoisotopic (exact) mass is 405 g/mol. The highest BCUT2D eigenvalue weighted by atomic mass is 32.1. The zero-order valence-corrected chi connectivity index (χ0v) is 17.1. The number of aromatic nitrogens is 2. The third-order valence-corrected chi connectivity index (χ3v) is 4.53. The third kappa shape index (κ3) is 5.43. The van der Waals surface area contributed by atoms with Crippen LogP contribution in [0.1, 0.15) is 25.3 Å². The number of nitrogens with two attached hydrogens (primary N) is 1. The summed E-state index contributed by atoms with van der Waals surface area (Å²) >= 11 is 5.48. The van der Waals surface area contributed by atoms with Crippen molar-refractivity contribution in [3.8, 4) is 0 Å². The van der Waals surface area contributed by atoms with E-state index in [2.05, 4.69) is 10.3 Å². The average Bonchev–Trinajstić information content (AvgIpc) is 2.69. The van der Waals surface area contributed by atoms with E-state index in [4.69, 9.17) is 22.7 Å². The molecular weight excluding hydrogens is 378 g/mol. The van der Waals surface area contributed by atoms with Crippen LogP contribution in [-0.4, -0.2) is 41.5 Å². The fraction of sp³-hybridized carbons (Fsp3) is 0.421. The van der Waals surface area contributed by atoms with Gasteiger partial charge < -0.3 is 20.7 Å². The van der Waals surface area contributed by atoms with Crippen LogP contribution in [-0.2, 0) is 11.3 Å². The molecule has 1 heterocycles. The molecule has 28 heavy (non-hydrogen) atoms. The van der Waals surface area contributed by atoms with Crippen LogP contribution >= 0.6 is 12.2 Å².